The van der Waals surface area contributed by atoms with Gasteiger partial charge in [0.25, 0.3) is 0 Å². The third kappa shape index (κ3) is 12.1. The Bertz CT molecular complexity index is 992. The summed E-state index contributed by atoms with van der Waals surface area (Å²) in [6.07, 6.45) is 8.87. The highest BCUT2D eigenvalue weighted by molar-refractivity contribution is 7.27. The van der Waals surface area contributed by atoms with E-state index >= 15 is 0 Å². The van der Waals surface area contributed by atoms with Crippen LogP contribution in [0.4, 0.5) is 5.69 Å². The standard InChI is InChI=1S/C14H19N2P.C12H16O2.C5H10/c1-4-5-6-10(2)16-13-8-7-12(9-15)14(17)11(13)3;1-2-6-11(13)9-12(14)10-7-4-3-5-8-10;1-5-3-2-4-5/h7-8H,4-6,17H2,1-3H3;3-5,7-8,12,14H,2,6,9H2,1H3;5H,2-4H2,1H3. The number of rotatable bonds is 9. The molecule has 0 aromatic heterocycles. The average Bonchev–Trinajstić information content (AvgIpc) is 2.86. The number of carbonyl (C=O) groups excluding carboxylic acids is 1. The molecule has 0 heterocycles. The van der Waals surface area contributed by atoms with Crippen LogP contribution < -0.4 is 5.30 Å². The van der Waals surface area contributed by atoms with Gasteiger partial charge in [0, 0.05) is 18.6 Å². The van der Waals surface area contributed by atoms with Crippen LogP contribution in [0.3, 0.4) is 0 Å². The van der Waals surface area contributed by atoms with Crippen LogP contribution in [0.2, 0.25) is 0 Å². The zero-order chi connectivity index (χ0) is 26.9. The van der Waals surface area contributed by atoms with Crippen LogP contribution in [0.15, 0.2) is 47.5 Å². The highest BCUT2D eigenvalue weighted by Gasteiger charge is 2.11. The molecule has 1 N–H and O–H groups in total. The molecular formula is C31H45N2O2P. The number of nitriles is 1. The van der Waals surface area contributed by atoms with Crippen LogP contribution in [0, 0.1) is 24.2 Å². The Morgan fingerprint density at radius 1 is 1.14 bits per heavy atom. The van der Waals surface area contributed by atoms with Crippen molar-refractivity contribution in [2.45, 2.75) is 98.5 Å². The Balaban J connectivity index is 0.000000305. The summed E-state index contributed by atoms with van der Waals surface area (Å²) in [6.45, 7) is 10.5. The molecule has 2 unspecified atom stereocenters. The molecule has 2 aromatic rings. The largest absolute Gasteiger partial charge is 0.388 e. The molecule has 1 aliphatic carbocycles. The maximum absolute atomic E-state index is 11.3. The van der Waals surface area contributed by atoms with E-state index in [1.807, 2.05) is 56.3 Å². The Hall–Kier alpha value is -2.34. The number of carbonyl (C=O) groups is 1. The van der Waals surface area contributed by atoms with Crippen molar-refractivity contribution in [1.29, 1.82) is 5.26 Å². The van der Waals surface area contributed by atoms with E-state index in [1.165, 1.54) is 32.1 Å². The third-order valence-corrected chi connectivity index (χ3v) is 7.08. The van der Waals surface area contributed by atoms with E-state index in [-0.39, 0.29) is 12.2 Å². The first kappa shape index (κ1) is 31.7. The number of hydrogen-bond acceptors (Lipinski definition) is 4. The molecule has 0 amide bonds. The van der Waals surface area contributed by atoms with Crippen molar-refractivity contribution in [2.75, 3.05) is 0 Å². The Morgan fingerprint density at radius 2 is 1.78 bits per heavy atom. The summed E-state index contributed by atoms with van der Waals surface area (Å²) in [7, 11) is 2.63. The average molecular weight is 509 g/mol. The van der Waals surface area contributed by atoms with Gasteiger partial charge in [0.15, 0.2) is 0 Å². The van der Waals surface area contributed by atoms with E-state index in [0.717, 1.165) is 46.6 Å². The zero-order valence-electron chi connectivity index (χ0n) is 22.9. The maximum atomic E-state index is 11.3. The molecule has 1 fully saturated rings. The van der Waals surface area contributed by atoms with Gasteiger partial charge in [-0.2, -0.15) is 5.26 Å². The number of ketones is 1. The van der Waals surface area contributed by atoms with Crippen molar-refractivity contribution in [3.63, 3.8) is 0 Å². The number of aliphatic imine (C=N–C) groups is 1. The lowest BCUT2D eigenvalue weighted by Crippen LogP contribution is -2.05. The summed E-state index contributed by atoms with van der Waals surface area (Å²) >= 11 is 0. The fourth-order valence-electron chi connectivity index (χ4n) is 3.63. The van der Waals surface area contributed by atoms with Gasteiger partial charge in [-0.25, -0.2) is 0 Å². The van der Waals surface area contributed by atoms with Gasteiger partial charge in [-0.3, -0.25) is 9.79 Å². The number of benzene rings is 2. The molecular weight excluding hydrogens is 463 g/mol. The van der Waals surface area contributed by atoms with Crippen molar-refractivity contribution < 1.29 is 9.90 Å². The summed E-state index contributed by atoms with van der Waals surface area (Å²) in [5.74, 6) is 1.19. The maximum Gasteiger partial charge on any atom is 0.135 e. The second-order valence-electron chi connectivity index (χ2n) is 9.69. The molecule has 1 aliphatic rings. The van der Waals surface area contributed by atoms with Gasteiger partial charge in [0.05, 0.1) is 23.4 Å². The second-order valence-corrected chi connectivity index (χ2v) is 10.3. The number of nitrogens with zero attached hydrogens (tertiary/aromatic N) is 2. The van der Waals surface area contributed by atoms with Crippen LogP contribution in [-0.2, 0) is 4.79 Å². The molecule has 0 radical (unpaired) electrons. The van der Waals surface area contributed by atoms with Crippen LogP contribution in [-0.4, -0.2) is 16.6 Å². The van der Waals surface area contributed by atoms with Crippen LogP contribution in [0.25, 0.3) is 0 Å². The van der Waals surface area contributed by atoms with E-state index in [9.17, 15) is 9.90 Å². The predicted molar refractivity (Wildman–Crippen MR) is 156 cm³/mol. The predicted octanol–water partition coefficient (Wildman–Crippen LogP) is 7.94. The number of aliphatic hydroxyl groups excluding tert-OH is 1. The van der Waals surface area contributed by atoms with Crippen LogP contribution in [0.1, 0.15) is 108 Å². The van der Waals surface area contributed by atoms with Gasteiger partial charge in [-0.15, -0.1) is 9.24 Å². The minimum Gasteiger partial charge on any atom is -0.388 e. The second kappa shape index (κ2) is 18.0. The molecule has 4 nitrogen and oxygen atoms in total. The molecule has 36 heavy (non-hydrogen) atoms. The monoisotopic (exact) mass is 508 g/mol. The molecule has 0 spiro atoms. The molecule has 5 heteroatoms. The van der Waals surface area contributed by atoms with E-state index in [0.29, 0.717) is 12.0 Å². The van der Waals surface area contributed by atoms with Gasteiger partial charge < -0.3 is 5.11 Å². The molecule has 2 atom stereocenters. The summed E-state index contributed by atoms with van der Waals surface area (Å²) in [5, 5.41) is 19.6. The van der Waals surface area contributed by atoms with Gasteiger partial charge in [0.2, 0.25) is 0 Å². The Labute approximate surface area is 221 Å². The molecule has 0 bridgehead atoms. The Kier molecular flexibility index (Phi) is 15.8. The smallest absolute Gasteiger partial charge is 0.135 e. The third-order valence-electron chi connectivity index (χ3n) is 6.34. The van der Waals surface area contributed by atoms with Crippen molar-refractivity contribution in [2.24, 2.45) is 10.9 Å². The number of Topliss-reactive ketones (excluding diaryl/α,β-unsaturated/α-hetero) is 1. The van der Waals surface area contributed by atoms with Crippen molar-refractivity contribution >= 4 is 31.7 Å². The van der Waals surface area contributed by atoms with Gasteiger partial charge in [-0.05, 0) is 67.6 Å². The lowest BCUT2D eigenvalue weighted by molar-refractivity contribution is -0.121. The van der Waals surface area contributed by atoms with Crippen molar-refractivity contribution in [3.8, 4) is 6.07 Å². The molecule has 2 aromatic carbocycles. The van der Waals surface area contributed by atoms with E-state index in [4.69, 9.17) is 5.26 Å². The topological polar surface area (TPSA) is 73.4 Å². The minimum absolute atomic E-state index is 0.129. The van der Waals surface area contributed by atoms with Gasteiger partial charge in [0.1, 0.15) is 5.78 Å². The summed E-state index contributed by atoms with van der Waals surface area (Å²) in [5.41, 5.74) is 4.73. The van der Waals surface area contributed by atoms with E-state index < -0.39 is 6.10 Å². The molecule has 3 rings (SSSR count). The normalized spacial score (nSPS) is 13.8. The summed E-state index contributed by atoms with van der Waals surface area (Å²) < 4.78 is 0. The highest BCUT2D eigenvalue weighted by Crippen LogP contribution is 2.24. The lowest BCUT2D eigenvalue weighted by Gasteiger charge is -2.18. The van der Waals surface area contributed by atoms with Crippen LogP contribution >= 0.6 is 9.24 Å². The fourth-order valence-corrected chi connectivity index (χ4v) is 3.94. The van der Waals surface area contributed by atoms with E-state index in [2.05, 4.69) is 41.1 Å². The zero-order valence-corrected chi connectivity index (χ0v) is 24.0. The molecule has 196 valence electrons. The van der Waals surface area contributed by atoms with Crippen molar-refractivity contribution in [1.82, 2.24) is 0 Å². The number of aliphatic hydroxyl groups is 1. The first-order valence-electron chi connectivity index (χ1n) is 13.3. The summed E-state index contributed by atoms with van der Waals surface area (Å²) in [6, 6.07) is 15.2. The SMILES string of the molecule is CC1CCC1.CCCC(=O)CC(O)c1ccccc1.CCCCC(C)=Nc1ccc(C#N)c(P)c1C. The quantitative estimate of drug-likeness (QED) is 0.276. The number of hydrogen-bond donors (Lipinski definition) is 1. The van der Waals surface area contributed by atoms with Crippen molar-refractivity contribution in [3.05, 3.63) is 59.2 Å². The first-order valence-corrected chi connectivity index (χ1v) is 13.9. The molecule has 0 aliphatic heterocycles. The van der Waals surface area contributed by atoms with E-state index in [1.54, 1.807) is 0 Å². The minimum atomic E-state index is -0.643. The lowest BCUT2D eigenvalue weighted by atomic mass is 9.88. The molecule has 1 saturated carbocycles. The van der Waals surface area contributed by atoms with Gasteiger partial charge in [-0.1, -0.05) is 76.8 Å². The number of unbranched alkanes of at least 4 members (excludes halogenated alkanes) is 1. The summed E-state index contributed by atoms with van der Waals surface area (Å²) in [4.78, 5) is 15.9. The fraction of sp³-hybridized carbons (Fsp3) is 0.516. The van der Waals surface area contributed by atoms with Gasteiger partial charge >= 0.3 is 0 Å². The Morgan fingerprint density at radius 3 is 2.28 bits per heavy atom. The molecule has 0 saturated heterocycles. The van der Waals surface area contributed by atoms with Crippen LogP contribution in [0.5, 0.6) is 0 Å². The first-order chi connectivity index (χ1) is 17.2. The highest BCUT2D eigenvalue weighted by atomic mass is 31.0.